The lowest BCUT2D eigenvalue weighted by Gasteiger charge is -2.41. The molecule has 0 aliphatic carbocycles. The van der Waals surface area contributed by atoms with E-state index in [0.717, 1.165) is 31.4 Å². The van der Waals surface area contributed by atoms with Crippen molar-refractivity contribution in [1.82, 2.24) is 15.3 Å². The first-order chi connectivity index (χ1) is 14.2. The molecule has 2 saturated heterocycles. The number of aliphatic hydroxyl groups is 2. The van der Waals surface area contributed by atoms with Crippen LogP contribution in [0.15, 0.2) is 28.1 Å². The zero-order valence-corrected chi connectivity index (χ0v) is 16.5. The van der Waals surface area contributed by atoms with Gasteiger partial charge in [0.05, 0.1) is 5.56 Å². The van der Waals surface area contributed by atoms with Crippen LogP contribution in [-0.2, 0) is 5.79 Å². The molecular formula is C19H19F3N4O3S. The Balaban J connectivity index is 1.62. The minimum Gasteiger partial charge on any atom is -0.423 e. The van der Waals surface area contributed by atoms with E-state index in [-0.39, 0.29) is 16.7 Å². The summed E-state index contributed by atoms with van der Waals surface area (Å²) in [5.41, 5.74) is -0.105. The van der Waals surface area contributed by atoms with E-state index in [9.17, 15) is 23.4 Å². The predicted octanol–water partition coefficient (Wildman–Crippen LogP) is 2.98. The normalized spacial score (nSPS) is 22.6. The Kier molecular flexibility index (Phi) is 4.54. The summed E-state index contributed by atoms with van der Waals surface area (Å²) < 4.78 is 45.7. The highest BCUT2D eigenvalue weighted by atomic mass is 32.1. The van der Waals surface area contributed by atoms with Gasteiger partial charge >= 0.3 is 6.18 Å². The SMILES string of the molecule is OC(O)(c1cc(-c2nccs2)c2oc(N3CC4CCCC(C3)N4)nc2c1)C(F)(F)F. The summed E-state index contributed by atoms with van der Waals surface area (Å²) in [7, 11) is 0. The van der Waals surface area contributed by atoms with Crippen molar-refractivity contribution in [2.24, 2.45) is 0 Å². The number of oxazole rings is 1. The topological polar surface area (TPSA) is 94.7 Å². The Morgan fingerprint density at radius 1 is 1.17 bits per heavy atom. The maximum atomic E-state index is 13.2. The first-order valence-electron chi connectivity index (χ1n) is 9.60. The molecule has 4 heterocycles. The number of alkyl halides is 3. The van der Waals surface area contributed by atoms with Crippen molar-refractivity contribution in [2.45, 2.75) is 43.3 Å². The van der Waals surface area contributed by atoms with Crippen molar-refractivity contribution in [3.05, 3.63) is 29.3 Å². The number of piperidine rings is 1. The zero-order valence-electron chi connectivity index (χ0n) is 15.7. The van der Waals surface area contributed by atoms with E-state index in [1.165, 1.54) is 17.5 Å². The number of benzene rings is 1. The zero-order chi connectivity index (χ0) is 21.1. The molecule has 2 aromatic heterocycles. The molecule has 2 bridgehead atoms. The monoisotopic (exact) mass is 440 g/mol. The summed E-state index contributed by atoms with van der Waals surface area (Å²) in [5.74, 6) is -4.02. The molecule has 160 valence electrons. The Bertz CT molecular complexity index is 1060. The molecule has 0 amide bonds. The molecule has 2 aliphatic rings. The number of fused-ring (bicyclic) bond motifs is 3. The van der Waals surface area contributed by atoms with Crippen molar-refractivity contribution in [2.75, 3.05) is 18.0 Å². The van der Waals surface area contributed by atoms with Crippen LogP contribution in [-0.4, -0.2) is 51.5 Å². The molecule has 2 unspecified atom stereocenters. The third kappa shape index (κ3) is 3.25. The highest BCUT2D eigenvalue weighted by Gasteiger charge is 2.54. The highest BCUT2D eigenvalue weighted by molar-refractivity contribution is 7.13. The summed E-state index contributed by atoms with van der Waals surface area (Å²) in [6, 6.07) is 3.00. The molecule has 2 fully saturated rings. The lowest BCUT2D eigenvalue weighted by atomic mass is 9.94. The Morgan fingerprint density at radius 3 is 2.53 bits per heavy atom. The van der Waals surface area contributed by atoms with Crippen LogP contribution in [0.3, 0.4) is 0 Å². The molecule has 7 nitrogen and oxygen atoms in total. The number of hydrogen-bond donors (Lipinski definition) is 3. The average molecular weight is 440 g/mol. The summed E-state index contributed by atoms with van der Waals surface area (Å²) in [5, 5.41) is 25.2. The minimum absolute atomic E-state index is 0.119. The molecule has 0 spiro atoms. The van der Waals surface area contributed by atoms with Gasteiger partial charge in [-0.25, -0.2) is 4.98 Å². The van der Waals surface area contributed by atoms with Crippen molar-refractivity contribution >= 4 is 28.5 Å². The quantitative estimate of drug-likeness (QED) is 0.539. The lowest BCUT2D eigenvalue weighted by molar-refractivity contribution is -0.358. The van der Waals surface area contributed by atoms with Gasteiger partial charge in [-0.05, 0) is 25.0 Å². The lowest BCUT2D eigenvalue weighted by Crippen LogP contribution is -2.58. The number of anilines is 1. The number of nitrogens with zero attached hydrogens (tertiary/aromatic N) is 3. The molecule has 5 rings (SSSR count). The smallest absolute Gasteiger partial charge is 0.423 e. The van der Waals surface area contributed by atoms with Crippen LogP contribution >= 0.6 is 11.3 Å². The molecule has 3 aromatic rings. The predicted molar refractivity (Wildman–Crippen MR) is 104 cm³/mol. The largest absolute Gasteiger partial charge is 0.447 e. The second-order valence-electron chi connectivity index (χ2n) is 7.77. The van der Waals surface area contributed by atoms with Gasteiger partial charge in [0.1, 0.15) is 10.5 Å². The van der Waals surface area contributed by atoms with Gasteiger partial charge in [-0.3, -0.25) is 0 Å². The highest BCUT2D eigenvalue weighted by Crippen LogP contribution is 2.42. The van der Waals surface area contributed by atoms with E-state index >= 15 is 0 Å². The summed E-state index contributed by atoms with van der Waals surface area (Å²) in [6.45, 7) is 1.38. The fourth-order valence-corrected chi connectivity index (χ4v) is 4.85. The van der Waals surface area contributed by atoms with Gasteiger partial charge in [0, 0.05) is 42.3 Å². The van der Waals surface area contributed by atoms with Crippen molar-refractivity contribution in [3.8, 4) is 10.6 Å². The molecule has 0 radical (unpaired) electrons. The molecule has 0 saturated carbocycles. The van der Waals surface area contributed by atoms with Crippen LogP contribution in [0.25, 0.3) is 21.7 Å². The number of piperazine rings is 1. The third-order valence-electron chi connectivity index (χ3n) is 5.67. The summed E-state index contributed by atoms with van der Waals surface area (Å²) in [4.78, 5) is 10.6. The van der Waals surface area contributed by atoms with Gasteiger partial charge in [-0.15, -0.1) is 11.3 Å². The molecule has 30 heavy (non-hydrogen) atoms. The van der Waals surface area contributed by atoms with E-state index in [0.29, 0.717) is 36.2 Å². The van der Waals surface area contributed by atoms with Crippen molar-refractivity contribution in [1.29, 1.82) is 0 Å². The molecule has 3 N–H and O–H groups in total. The maximum absolute atomic E-state index is 13.2. The average Bonchev–Trinajstić information content (AvgIpc) is 3.35. The van der Waals surface area contributed by atoms with Crippen LogP contribution in [0.4, 0.5) is 19.2 Å². The van der Waals surface area contributed by atoms with Gasteiger partial charge < -0.3 is 24.8 Å². The standard InChI is InChI=1S/C19H19F3N4O3S/c20-19(21,22)18(27,28)10-6-13(16-23-4-5-30-16)15-14(7-10)25-17(29-15)26-8-11-2-1-3-12(9-26)24-11/h4-7,11-12,24,27-28H,1-3,8-9H2. The summed E-state index contributed by atoms with van der Waals surface area (Å²) >= 11 is 1.21. The second kappa shape index (κ2) is 6.91. The summed E-state index contributed by atoms with van der Waals surface area (Å²) in [6.07, 6.45) is -0.505. The van der Waals surface area contributed by atoms with E-state index in [1.54, 1.807) is 5.38 Å². The first kappa shape index (κ1) is 19.7. The Labute approximate surface area is 173 Å². The number of rotatable bonds is 3. The number of aromatic nitrogens is 2. The van der Waals surface area contributed by atoms with Crippen LogP contribution in [0.2, 0.25) is 0 Å². The van der Waals surface area contributed by atoms with E-state index in [4.69, 9.17) is 4.42 Å². The molecule has 1 aromatic carbocycles. The minimum atomic E-state index is -5.27. The van der Waals surface area contributed by atoms with Gasteiger partial charge in [-0.2, -0.15) is 18.2 Å². The third-order valence-corrected chi connectivity index (χ3v) is 6.47. The molecule has 11 heteroatoms. The van der Waals surface area contributed by atoms with E-state index < -0.39 is 17.5 Å². The first-order valence-corrected chi connectivity index (χ1v) is 10.5. The number of halogens is 3. The second-order valence-corrected chi connectivity index (χ2v) is 8.67. The number of hydrogen-bond acceptors (Lipinski definition) is 8. The van der Waals surface area contributed by atoms with Gasteiger partial charge in [0.2, 0.25) is 0 Å². The van der Waals surface area contributed by atoms with E-state index in [2.05, 4.69) is 15.3 Å². The van der Waals surface area contributed by atoms with Crippen molar-refractivity contribution < 1.29 is 27.8 Å². The fourth-order valence-electron chi connectivity index (χ4n) is 4.20. The number of thiazole rings is 1. The van der Waals surface area contributed by atoms with Crippen LogP contribution in [0.1, 0.15) is 24.8 Å². The van der Waals surface area contributed by atoms with Crippen LogP contribution in [0.5, 0.6) is 0 Å². The van der Waals surface area contributed by atoms with Crippen LogP contribution in [0, 0.1) is 0 Å². The molecule has 2 atom stereocenters. The Morgan fingerprint density at radius 2 is 1.90 bits per heavy atom. The van der Waals surface area contributed by atoms with Crippen molar-refractivity contribution in [3.63, 3.8) is 0 Å². The van der Waals surface area contributed by atoms with Crippen LogP contribution < -0.4 is 10.2 Å². The van der Waals surface area contributed by atoms with E-state index in [1.807, 2.05) is 4.90 Å². The van der Waals surface area contributed by atoms with Gasteiger partial charge in [0.25, 0.3) is 11.8 Å². The number of nitrogens with one attached hydrogen (secondary N) is 1. The fraction of sp³-hybridized carbons (Fsp3) is 0.474. The maximum Gasteiger partial charge on any atom is 0.447 e. The molecule has 2 aliphatic heterocycles. The van der Waals surface area contributed by atoms with Gasteiger partial charge in [0.15, 0.2) is 5.58 Å². The van der Waals surface area contributed by atoms with Gasteiger partial charge in [-0.1, -0.05) is 6.42 Å². The molecular weight excluding hydrogens is 421 g/mol. The Hall–Kier alpha value is -2.21.